The number of hydrogen-bond acceptors (Lipinski definition) is 4. The van der Waals surface area contributed by atoms with Crippen LogP contribution in [0.15, 0.2) is 18.7 Å². The van der Waals surface area contributed by atoms with Crippen LogP contribution in [-0.4, -0.2) is 29.7 Å². The molecule has 1 aromatic heterocycles. The van der Waals surface area contributed by atoms with Gasteiger partial charge in [-0.25, -0.2) is 9.97 Å². The van der Waals surface area contributed by atoms with E-state index in [4.69, 9.17) is 4.74 Å². The predicted octanol–water partition coefficient (Wildman–Crippen LogP) is 1.70. The molecule has 0 aromatic carbocycles. The fourth-order valence-electron chi connectivity index (χ4n) is 2.17. The minimum absolute atomic E-state index is 0.296. The van der Waals surface area contributed by atoms with Gasteiger partial charge in [0.1, 0.15) is 6.33 Å². The van der Waals surface area contributed by atoms with Gasteiger partial charge in [-0.3, -0.25) is 0 Å². The molecule has 0 aliphatic carbocycles. The van der Waals surface area contributed by atoms with E-state index in [-0.39, 0.29) is 0 Å². The number of nitrogens with zero attached hydrogens (tertiary/aromatic N) is 2. The third-order valence-corrected chi connectivity index (χ3v) is 3.10. The highest BCUT2D eigenvalue weighted by Crippen LogP contribution is 2.23. The van der Waals surface area contributed by atoms with Crippen LogP contribution in [0, 0.1) is 0 Å². The topological polar surface area (TPSA) is 47.0 Å². The van der Waals surface area contributed by atoms with E-state index in [9.17, 15) is 0 Å². The summed E-state index contributed by atoms with van der Waals surface area (Å²) >= 11 is 0. The second kappa shape index (κ2) is 5.92. The normalized spacial score (nSPS) is 22.9. The summed E-state index contributed by atoms with van der Waals surface area (Å²) in [6.45, 7) is 0.909. The Bertz CT molecular complexity index is 298. The maximum Gasteiger partial charge on any atom is 0.115 e. The zero-order chi connectivity index (χ0) is 11.2. The van der Waals surface area contributed by atoms with Crippen LogP contribution in [0.25, 0.3) is 0 Å². The number of hydrogen-bond donors (Lipinski definition) is 1. The molecule has 1 saturated heterocycles. The first-order valence-corrected chi connectivity index (χ1v) is 5.94. The molecule has 4 nitrogen and oxygen atoms in total. The fraction of sp³-hybridized carbons (Fsp3) is 0.667. The number of rotatable bonds is 4. The van der Waals surface area contributed by atoms with Gasteiger partial charge in [0.25, 0.3) is 0 Å². The fourth-order valence-corrected chi connectivity index (χ4v) is 2.17. The molecular formula is C12H19N3O. The largest absolute Gasteiger partial charge is 0.378 e. The van der Waals surface area contributed by atoms with Crippen LogP contribution in [0.1, 0.15) is 37.3 Å². The molecule has 4 heteroatoms. The quantitative estimate of drug-likeness (QED) is 0.840. The highest BCUT2D eigenvalue weighted by Gasteiger charge is 2.19. The molecule has 88 valence electrons. The summed E-state index contributed by atoms with van der Waals surface area (Å²) in [6.07, 6.45) is 10.4. The molecule has 0 radical (unpaired) electrons. The molecule has 2 rings (SSSR count). The van der Waals surface area contributed by atoms with Crippen molar-refractivity contribution in [2.24, 2.45) is 0 Å². The zero-order valence-electron chi connectivity index (χ0n) is 9.72. The first-order valence-electron chi connectivity index (χ1n) is 5.94. The zero-order valence-corrected chi connectivity index (χ0v) is 9.72. The summed E-state index contributed by atoms with van der Waals surface area (Å²) < 4.78 is 5.75. The Morgan fingerprint density at radius 2 is 2.25 bits per heavy atom. The molecule has 16 heavy (non-hydrogen) atoms. The van der Waals surface area contributed by atoms with Crippen LogP contribution >= 0.6 is 0 Å². The van der Waals surface area contributed by atoms with Gasteiger partial charge in [0.05, 0.1) is 6.10 Å². The average molecular weight is 221 g/mol. The second-order valence-electron chi connectivity index (χ2n) is 4.24. The molecular weight excluding hydrogens is 202 g/mol. The number of aromatic nitrogens is 2. The minimum atomic E-state index is 0.296. The Morgan fingerprint density at radius 3 is 2.88 bits per heavy atom. The standard InChI is InChI=1S/C12H19N3O/c1-13-12(10-7-14-9-15-8-10)6-11-4-2-3-5-16-11/h7-9,11-13H,2-6H2,1H3. The van der Waals surface area contributed by atoms with Crippen LogP contribution in [-0.2, 0) is 4.74 Å². The van der Waals surface area contributed by atoms with E-state index in [2.05, 4.69) is 15.3 Å². The monoisotopic (exact) mass is 221 g/mol. The van der Waals surface area contributed by atoms with Crippen LogP contribution in [0.5, 0.6) is 0 Å². The first-order chi connectivity index (χ1) is 7.90. The lowest BCUT2D eigenvalue weighted by molar-refractivity contribution is 0.00544. The summed E-state index contributed by atoms with van der Waals surface area (Å²) in [4.78, 5) is 8.11. The lowest BCUT2D eigenvalue weighted by Crippen LogP contribution is -2.27. The van der Waals surface area contributed by atoms with E-state index in [1.54, 1.807) is 6.33 Å². The molecule has 2 atom stereocenters. The van der Waals surface area contributed by atoms with Crippen LogP contribution < -0.4 is 5.32 Å². The van der Waals surface area contributed by atoms with Gasteiger partial charge in [-0.05, 0) is 32.7 Å². The predicted molar refractivity (Wildman–Crippen MR) is 62.0 cm³/mol. The van der Waals surface area contributed by atoms with E-state index >= 15 is 0 Å². The highest BCUT2D eigenvalue weighted by molar-refractivity contribution is 5.09. The molecule has 1 aromatic rings. The van der Waals surface area contributed by atoms with Crippen LogP contribution in [0.2, 0.25) is 0 Å². The van der Waals surface area contributed by atoms with Crippen LogP contribution in [0.4, 0.5) is 0 Å². The molecule has 1 aliphatic rings. The number of nitrogens with one attached hydrogen (secondary N) is 1. The summed E-state index contributed by atoms with van der Waals surface area (Å²) in [6, 6.07) is 0.296. The summed E-state index contributed by atoms with van der Waals surface area (Å²) in [7, 11) is 1.97. The molecule has 1 aliphatic heterocycles. The first kappa shape index (κ1) is 11.5. The Hall–Kier alpha value is -1.00. The Labute approximate surface area is 96.4 Å². The Balaban J connectivity index is 1.94. The molecule has 0 spiro atoms. The maximum atomic E-state index is 5.75. The van der Waals surface area contributed by atoms with Gasteiger partial charge in [-0.2, -0.15) is 0 Å². The third-order valence-electron chi connectivity index (χ3n) is 3.10. The summed E-state index contributed by atoms with van der Waals surface area (Å²) in [5.41, 5.74) is 1.14. The highest BCUT2D eigenvalue weighted by atomic mass is 16.5. The minimum Gasteiger partial charge on any atom is -0.378 e. The number of ether oxygens (including phenoxy) is 1. The van der Waals surface area contributed by atoms with Gasteiger partial charge in [-0.15, -0.1) is 0 Å². The van der Waals surface area contributed by atoms with Crippen molar-refractivity contribution < 1.29 is 4.74 Å². The van der Waals surface area contributed by atoms with Crippen molar-refractivity contribution in [1.82, 2.24) is 15.3 Å². The van der Waals surface area contributed by atoms with E-state index in [0.717, 1.165) is 18.6 Å². The average Bonchev–Trinajstić information content (AvgIpc) is 2.38. The van der Waals surface area contributed by atoms with Crippen molar-refractivity contribution in [1.29, 1.82) is 0 Å². The van der Waals surface area contributed by atoms with Crippen LogP contribution in [0.3, 0.4) is 0 Å². The molecule has 0 amide bonds. The summed E-state index contributed by atoms with van der Waals surface area (Å²) in [5.74, 6) is 0. The molecule has 2 heterocycles. The van der Waals surface area contributed by atoms with Crippen molar-refractivity contribution in [2.75, 3.05) is 13.7 Å². The Morgan fingerprint density at radius 1 is 1.44 bits per heavy atom. The molecule has 0 saturated carbocycles. The van der Waals surface area contributed by atoms with Gasteiger partial charge >= 0.3 is 0 Å². The summed E-state index contributed by atoms with van der Waals surface area (Å²) in [5, 5.41) is 3.31. The van der Waals surface area contributed by atoms with Crippen molar-refractivity contribution in [3.63, 3.8) is 0 Å². The lowest BCUT2D eigenvalue weighted by Gasteiger charge is -2.26. The van der Waals surface area contributed by atoms with Crippen molar-refractivity contribution in [2.45, 2.75) is 37.8 Å². The van der Waals surface area contributed by atoms with Crippen molar-refractivity contribution in [3.8, 4) is 0 Å². The lowest BCUT2D eigenvalue weighted by atomic mass is 9.98. The van der Waals surface area contributed by atoms with Gasteiger partial charge in [0.15, 0.2) is 0 Å². The van der Waals surface area contributed by atoms with E-state index in [0.29, 0.717) is 12.1 Å². The second-order valence-corrected chi connectivity index (χ2v) is 4.24. The van der Waals surface area contributed by atoms with Gasteiger partial charge in [0, 0.05) is 30.6 Å². The van der Waals surface area contributed by atoms with Gasteiger partial charge in [0.2, 0.25) is 0 Å². The van der Waals surface area contributed by atoms with E-state index < -0.39 is 0 Å². The van der Waals surface area contributed by atoms with E-state index in [1.165, 1.54) is 19.3 Å². The molecule has 2 unspecified atom stereocenters. The van der Waals surface area contributed by atoms with Gasteiger partial charge < -0.3 is 10.1 Å². The van der Waals surface area contributed by atoms with Crippen molar-refractivity contribution in [3.05, 3.63) is 24.3 Å². The molecule has 1 fully saturated rings. The maximum absolute atomic E-state index is 5.75. The molecule has 1 N–H and O–H groups in total. The molecule has 0 bridgehead atoms. The SMILES string of the molecule is CNC(CC1CCCCO1)c1cncnc1. The van der Waals surface area contributed by atoms with Gasteiger partial charge in [-0.1, -0.05) is 0 Å². The smallest absolute Gasteiger partial charge is 0.115 e. The van der Waals surface area contributed by atoms with Crippen molar-refractivity contribution >= 4 is 0 Å². The van der Waals surface area contributed by atoms with E-state index in [1.807, 2.05) is 19.4 Å². The third kappa shape index (κ3) is 3.00. The Kier molecular flexibility index (Phi) is 4.25.